The van der Waals surface area contributed by atoms with Crippen molar-refractivity contribution in [1.82, 2.24) is 5.32 Å². The fourth-order valence-electron chi connectivity index (χ4n) is 0.441. The Labute approximate surface area is 111 Å². The van der Waals surface area contributed by atoms with Crippen LogP contribution in [0.25, 0.3) is 0 Å². The number of hydrogen-bond acceptors (Lipinski definition) is 1. The molecule has 0 unspecified atom stereocenters. The third-order valence-corrected chi connectivity index (χ3v) is 0.874. The van der Waals surface area contributed by atoms with Gasteiger partial charge in [-0.15, -0.1) is 0 Å². The van der Waals surface area contributed by atoms with Crippen LogP contribution in [-0.4, -0.2) is 13.0 Å². The molecule has 0 aliphatic heterocycles. The van der Waals surface area contributed by atoms with Gasteiger partial charge in [-0.3, -0.25) is 0 Å². The number of nitrogens with one attached hydrogen (secondary N) is 1. The summed E-state index contributed by atoms with van der Waals surface area (Å²) in [5.74, 6) is 0. The smallest absolute Gasteiger partial charge is 0 e. The normalized spacial score (nSPS) is 6.27. The zero-order valence-corrected chi connectivity index (χ0v) is 15.0. The molecule has 66 valence electrons. The van der Waals surface area contributed by atoms with E-state index in [1.54, 1.807) is 6.41 Å². The number of amides is 1. The number of carbonyl (C=O) groups excluding carboxylic acids is 1. The molecule has 0 heterocycles. The van der Waals surface area contributed by atoms with Crippen LogP contribution in [0.5, 0.6) is 0 Å². The first kappa shape index (κ1) is 22.9. The largest absolute Gasteiger partial charge is 0.530 e. The molecule has 0 atom stereocenters. The molecule has 0 saturated carbocycles. The average molecular weight is 665 g/mol. The number of hydrogen-bond donors (Lipinski definition) is 1. The van der Waals surface area contributed by atoms with Gasteiger partial charge in [-0.1, -0.05) is 6.42 Å². The van der Waals surface area contributed by atoms with E-state index in [0.717, 1.165) is 25.8 Å². The van der Waals surface area contributed by atoms with Gasteiger partial charge in [-0.25, -0.2) is 0 Å². The van der Waals surface area contributed by atoms with E-state index < -0.39 is 0 Å². The first-order valence-electron chi connectivity index (χ1n) is 2.81. The predicted octanol–water partition coefficient (Wildman–Crippen LogP) is 0.640. The van der Waals surface area contributed by atoms with E-state index >= 15 is 0 Å². The van der Waals surface area contributed by atoms with E-state index in [-0.39, 0.29) is 63.2 Å². The van der Waals surface area contributed by atoms with E-state index in [2.05, 4.69) is 12.2 Å². The predicted molar refractivity (Wildman–Crippen MR) is 32.9 cm³/mol. The molecule has 0 spiro atoms. The van der Waals surface area contributed by atoms with Crippen molar-refractivity contribution in [2.75, 3.05) is 6.54 Å². The standard InChI is InChI=1S/C6H11NO.3W/c1-2-3-4-5-7-6-8;;;/h1-5H2,(H,7,8);;;/q-2;;;. The summed E-state index contributed by atoms with van der Waals surface area (Å²) in [6.07, 6.45) is 4.64. The Balaban J connectivity index is -0.0000000817. The molecule has 0 aromatic heterocycles. The molecule has 0 aliphatic rings. The molecule has 0 bridgehead atoms. The zero-order valence-electron chi connectivity index (χ0n) is 6.17. The summed E-state index contributed by atoms with van der Waals surface area (Å²) in [7, 11) is 0. The maximum absolute atomic E-state index is 9.52. The van der Waals surface area contributed by atoms with Crippen molar-refractivity contribution in [3.8, 4) is 0 Å². The first-order valence-corrected chi connectivity index (χ1v) is 2.81. The van der Waals surface area contributed by atoms with Crippen molar-refractivity contribution in [2.24, 2.45) is 0 Å². The van der Waals surface area contributed by atoms with Crippen LogP contribution in [0.15, 0.2) is 0 Å². The van der Waals surface area contributed by atoms with Crippen molar-refractivity contribution < 1.29 is 68.0 Å². The summed E-state index contributed by atoms with van der Waals surface area (Å²) in [6, 6.07) is 0. The van der Waals surface area contributed by atoms with Crippen LogP contribution in [0.3, 0.4) is 0 Å². The fourth-order valence-corrected chi connectivity index (χ4v) is 0.441. The van der Waals surface area contributed by atoms with Gasteiger partial charge >= 0.3 is 0 Å². The van der Waals surface area contributed by atoms with Crippen molar-refractivity contribution in [2.45, 2.75) is 19.3 Å². The van der Waals surface area contributed by atoms with Gasteiger partial charge < -0.3 is 17.0 Å². The van der Waals surface area contributed by atoms with E-state index in [0.29, 0.717) is 0 Å². The Morgan fingerprint density at radius 3 is 2.09 bits per heavy atom. The third-order valence-electron chi connectivity index (χ3n) is 0.874. The van der Waals surface area contributed by atoms with Gasteiger partial charge in [0.15, 0.2) is 0 Å². The van der Waals surface area contributed by atoms with E-state index in [1.807, 2.05) is 0 Å². The molecule has 0 radical (unpaired) electrons. The topological polar surface area (TPSA) is 29.1 Å². The molecule has 1 N–H and O–H groups in total. The maximum Gasteiger partial charge on any atom is 0 e. The number of unbranched alkanes of at least 4 members (excludes halogenated alkanes) is 2. The molecule has 1 amide bonds. The molecule has 5 heteroatoms. The van der Waals surface area contributed by atoms with Crippen molar-refractivity contribution in [3.63, 3.8) is 0 Å². The molecular formula is C6H11NOW3-2. The Hall–Kier alpha value is 1.53. The van der Waals surface area contributed by atoms with Gasteiger partial charge in [0.25, 0.3) is 0 Å². The monoisotopic (exact) mass is 665 g/mol. The minimum Gasteiger partial charge on any atom is -0.530 e. The van der Waals surface area contributed by atoms with E-state index in [4.69, 9.17) is 0 Å². The third kappa shape index (κ3) is 24.6. The molecule has 11 heavy (non-hydrogen) atoms. The first-order chi connectivity index (χ1) is 3.91. The van der Waals surface area contributed by atoms with E-state index in [1.165, 1.54) is 0 Å². The summed E-state index contributed by atoms with van der Waals surface area (Å²) in [6.45, 7) is 4.39. The van der Waals surface area contributed by atoms with Gasteiger partial charge in [0.05, 0.1) is 0 Å². The summed E-state index contributed by atoms with van der Waals surface area (Å²) >= 11 is 0. The molecule has 0 aromatic carbocycles. The van der Waals surface area contributed by atoms with Crippen LogP contribution in [0.1, 0.15) is 19.3 Å². The molecule has 2 nitrogen and oxygen atoms in total. The van der Waals surface area contributed by atoms with Crippen LogP contribution in [-0.2, 0) is 68.0 Å². The van der Waals surface area contributed by atoms with Gasteiger partial charge in [0, 0.05) is 63.2 Å². The van der Waals surface area contributed by atoms with Gasteiger partial charge in [0.2, 0.25) is 0 Å². The molecule has 0 fully saturated rings. The van der Waals surface area contributed by atoms with Crippen molar-refractivity contribution in [3.05, 3.63) is 6.92 Å². The quantitative estimate of drug-likeness (QED) is 0.261. The Kier molecular flexibility index (Phi) is 46.9. The van der Waals surface area contributed by atoms with Crippen LogP contribution in [0.4, 0.5) is 0 Å². The fraction of sp³-hybridized carbons (Fsp3) is 0.667. The van der Waals surface area contributed by atoms with Gasteiger partial charge in [-0.2, -0.15) is 12.8 Å². The average Bonchev–Trinajstić information content (AvgIpc) is 1.81. The second kappa shape index (κ2) is 22.5. The van der Waals surface area contributed by atoms with Crippen LogP contribution >= 0.6 is 0 Å². The molecule has 0 saturated heterocycles. The Morgan fingerprint density at radius 1 is 1.18 bits per heavy atom. The summed E-state index contributed by atoms with van der Waals surface area (Å²) in [5, 5.41) is 2.45. The summed E-state index contributed by atoms with van der Waals surface area (Å²) in [5.41, 5.74) is 0. The van der Waals surface area contributed by atoms with Crippen molar-refractivity contribution in [1.29, 1.82) is 0 Å². The summed E-state index contributed by atoms with van der Waals surface area (Å²) < 4.78 is 0. The number of rotatable bonds is 5. The Morgan fingerprint density at radius 2 is 1.73 bits per heavy atom. The van der Waals surface area contributed by atoms with Gasteiger partial charge in [-0.05, 0) is 13.0 Å². The second-order valence-corrected chi connectivity index (χ2v) is 1.59. The van der Waals surface area contributed by atoms with Crippen LogP contribution < -0.4 is 5.32 Å². The second-order valence-electron chi connectivity index (χ2n) is 1.59. The van der Waals surface area contributed by atoms with Gasteiger partial charge in [0.1, 0.15) is 0 Å². The minimum absolute atomic E-state index is 0. The summed E-state index contributed by atoms with van der Waals surface area (Å²) in [4.78, 5) is 9.52. The Bertz CT molecular complexity index is 63.8. The molecule has 0 rings (SSSR count). The van der Waals surface area contributed by atoms with Crippen LogP contribution in [0.2, 0.25) is 0 Å². The van der Waals surface area contributed by atoms with E-state index in [9.17, 15) is 4.79 Å². The molecular weight excluding hydrogens is 654 g/mol. The SMILES string of the molecule is [CH2-]CCCCN[C-]=O.[W].[W].[W]. The molecule has 0 aromatic rings. The zero-order chi connectivity index (χ0) is 6.24. The maximum atomic E-state index is 9.52. The van der Waals surface area contributed by atoms with Crippen molar-refractivity contribution >= 4 is 6.41 Å². The van der Waals surface area contributed by atoms with Crippen LogP contribution in [0, 0.1) is 6.92 Å². The minimum atomic E-state index is 0. The molecule has 0 aliphatic carbocycles.